The summed E-state index contributed by atoms with van der Waals surface area (Å²) in [4.78, 5) is 4.41. The van der Waals surface area contributed by atoms with Crippen LogP contribution in [0.3, 0.4) is 0 Å². The van der Waals surface area contributed by atoms with Crippen LogP contribution in [0, 0.1) is 0 Å². The first-order valence-corrected chi connectivity index (χ1v) is 5.90. The van der Waals surface area contributed by atoms with Gasteiger partial charge < -0.3 is 10.3 Å². The van der Waals surface area contributed by atoms with E-state index in [2.05, 4.69) is 17.1 Å². The molecule has 0 amide bonds. The van der Waals surface area contributed by atoms with E-state index in [1.807, 2.05) is 30.3 Å². The predicted molar refractivity (Wildman–Crippen MR) is 66.4 cm³/mol. The van der Waals surface area contributed by atoms with E-state index < -0.39 is 0 Å². The van der Waals surface area contributed by atoms with Gasteiger partial charge in [0.1, 0.15) is 0 Å². The fourth-order valence-electron chi connectivity index (χ4n) is 1.69. The molecule has 4 heteroatoms. The molecule has 0 aliphatic carbocycles. The van der Waals surface area contributed by atoms with Crippen LogP contribution in [0.25, 0.3) is 11.4 Å². The predicted octanol–water partition coefficient (Wildman–Crippen LogP) is 2.58. The summed E-state index contributed by atoms with van der Waals surface area (Å²) >= 11 is 0. The van der Waals surface area contributed by atoms with Gasteiger partial charge in [-0.1, -0.05) is 42.4 Å². The van der Waals surface area contributed by atoms with Crippen LogP contribution < -0.4 is 5.73 Å². The van der Waals surface area contributed by atoms with Crippen molar-refractivity contribution < 1.29 is 4.52 Å². The van der Waals surface area contributed by atoms with Crippen molar-refractivity contribution in [3.05, 3.63) is 36.2 Å². The zero-order valence-corrected chi connectivity index (χ0v) is 9.97. The van der Waals surface area contributed by atoms with Crippen LogP contribution in [-0.2, 0) is 0 Å². The molecule has 1 unspecified atom stereocenters. The van der Waals surface area contributed by atoms with Crippen molar-refractivity contribution in [2.45, 2.75) is 25.7 Å². The van der Waals surface area contributed by atoms with E-state index in [1.165, 1.54) is 0 Å². The Morgan fingerprint density at radius 3 is 2.76 bits per heavy atom. The van der Waals surface area contributed by atoms with Crippen LogP contribution >= 0.6 is 0 Å². The normalized spacial score (nSPS) is 12.6. The van der Waals surface area contributed by atoms with Gasteiger partial charge in [-0.15, -0.1) is 0 Å². The molecule has 2 rings (SSSR count). The highest BCUT2D eigenvalue weighted by Gasteiger charge is 2.14. The first kappa shape index (κ1) is 11.8. The highest BCUT2D eigenvalue weighted by Crippen LogP contribution is 2.22. The van der Waals surface area contributed by atoms with Crippen molar-refractivity contribution >= 4 is 0 Å². The average molecular weight is 231 g/mol. The minimum atomic E-state index is 0.267. The Hall–Kier alpha value is -1.68. The van der Waals surface area contributed by atoms with Crippen LogP contribution in [-0.4, -0.2) is 16.7 Å². The second kappa shape index (κ2) is 5.59. The van der Waals surface area contributed by atoms with Crippen molar-refractivity contribution in [2.24, 2.45) is 5.73 Å². The van der Waals surface area contributed by atoms with Gasteiger partial charge in [-0.05, 0) is 19.4 Å². The van der Waals surface area contributed by atoms with Gasteiger partial charge >= 0.3 is 0 Å². The molecule has 0 aliphatic rings. The minimum absolute atomic E-state index is 0.267. The summed E-state index contributed by atoms with van der Waals surface area (Å²) in [5, 5.41) is 4.00. The molecule has 0 saturated carbocycles. The summed E-state index contributed by atoms with van der Waals surface area (Å²) in [6.07, 6.45) is 1.96. The van der Waals surface area contributed by atoms with E-state index >= 15 is 0 Å². The van der Waals surface area contributed by atoms with Gasteiger partial charge in [0.2, 0.25) is 11.7 Å². The minimum Gasteiger partial charge on any atom is -0.339 e. The third kappa shape index (κ3) is 2.91. The van der Waals surface area contributed by atoms with Gasteiger partial charge in [-0.25, -0.2) is 0 Å². The molecule has 0 fully saturated rings. The van der Waals surface area contributed by atoms with E-state index in [1.54, 1.807) is 0 Å². The first-order valence-electron chi connectivity index (χ1n) is 5.90. The van der Waals surface area contributed by atoms with E-state index in [4.69, 9.17) is 10.3 Å². The fourth-order valence-corrected chi connectivity index (χ4v) is 1.69. The fraction of sp³-hybridized carbons (Fsp3) is 0.385. The molecule has 90 valence electrons. The molecule has 2 N–H and O–H groups in total. The van der Waals surface area contributed by atoms with Crippen molar-refractivity contribution in [1.29, 1.82) is 0 Å². The van der Waals surface area contributed by atoms with Gasteiger partial charge in [-0.3, -0.25) is 0 Å². The number of hydrogen-bond acceptors (Lipinski definition) is 4. The highest BCUT2D eigenvalue weighted by atomic mass is 16.5. The highest BCUT2D eigenvalue weighted by molar-refractivity contribution is 5.53. The van der Waals surface area contributed by atoms with Gasteiger partial charge in [-0.2, -0.15) is 4.98 Å². The molecule has 0 bridgehead atoms. The maximum atomic E-state index is 5.48. The van der Waals surface area contributed by atoms with Crippen LogP contribution in [0.4, 0.5) is 0 Å². The van der Waals surface area contributed by atoms with Crippen molar-refractivity contribution in [3.8, 4) is 11.4 Å². The topological polar surface area (TPSA) is 64.9 Å². The Morgan fingerprint density at radius 1 is 1.29 bits per heavy atom. The Kier molecular flexibility index (Phi) is 3.88. The van der Waals surface area contributed by atoms with Crippen molar-refractivity contribution in [1.82, 2.24) is 10.1 Å². The number of aromatic nitrogens is 2. The Balaban J connectivity index is 2.11. The van der Waals surface area contributed by atoms with Gasteiger partial charge in [0.15, 0.2) is 0 Å². The zero-order chi connectivity index (χ0) is 12.1. The SMILES string of the molecule is CC(CCCN)c1nc(-c2ccccc2)no1. The molecule has 0 saturated heterocycles. The van der Waals surface area contributed by atoms with Crippen LogP contribution in [0.2, 0.25) is 0 Å². The Labute approximate surface area is 101 Å². The third-order valence-electron chi connectivity index (χ3n) is 2.74. The van der Waals surface area contributed by atoms with Crippen molar-refractivity contribution in [2.75, 3.05) is 6.54 Å². The summed E-state index contributed by atoms with van der Waals surface area (Å²) < 4.78 is 5.28. The van der Waals surface area contributed by atoms with Crippen molar-refractivity contribution in [3.63, 3.8) is 0 Å². The number of nitrogens with zero attached hydrogens (tertiary/aromatic N) is 2. The van der Waals surface area contributed by atoms with Crippen LogP contribution in [0.15, 0.2) is 34.9 Å². The average Bonchev–Trinajstić information content (AvgIpc) is 2.86. The maximum absolute atomic E-state index is 5.48. The quantitative estimate of drug-likeness (QED) is 0.859. The lowest BCUT2D eigenvalue weighted by Gasteiger charge is -2.03. The summed E-state index contributed by atoms with van der Waals surface area (Å²) in [6.45, 7) is 2.78. The third-order valence-corrected chi connectivity index (χ3v) is 2.74. The molecule has 1 heterocycles. The molecule has 1 aromatic carbocycles. The molecule has 2 aromatic rings. The van der Waals surface area contributed by atoms with E-state index in [9.17, 15) is 0 Å². The summed E-state index contributed by atoms with van der Waals surface area (Å²) in [6, 6.07) is 9.83. The molecule has 0 radical (unpaired) electrons. The largest absolute Gasteiger partial charge is 0.339 e. The molecule has 1 atom stereocenters. The summed E-state index contributed by atoms with van der Waals surface area (Å²) in [5.74, 6) is 1.61. The lowest BCUT2D eigenvalue weighted by molar-refractivity contribution is 0.352. The number of rotatable bonds is 5. The number of nitrogens with two attached hydrogens (primary N) is 1. The first-order chi connectivity index (χ1) is 8.31. The van der Waals surface area contributed by atoms with Gasteiger partial charge in [0, 0.05) is 11.5 Å². The van der Waals surface area contributed by atoms with E-state index in [0.29, 0.717) is 18.3 Å². The lowest BCUT2D eigenvalue weighted by atomic mass is 10.1. The molecular weight excluding hydrogens is 214 g/mol. The van der Waals surface area contributed by atoms with Crippen LogP contribution in [0.1, 0.15) is 31.6 Å². The van der Waals surface area contributed by atoms with Crippen LogP contribution in [0.5, 0.6) is 0 Å². The van der Waals surface area contributed by atoms with Gasteiger partial charge in [0.05, 0.1) is 0 Å². The number of hydrogen-bond donors (Lipinski definition) is 1. The van der Waals surface area contributed by atoms with Gasteiger partial charge in [0.25, 0.3) is 0 Å². The molecule has 17 heavy (non-hydrogen) atoms. The van der Waals surface area contributed by atoms with E-state index in [-0.39, 0.29) is 5.92 Å². The Morgan fingerprint density at radius 2 is 2.06 bits per heavy atom. The summed E-state index contributed by atoms with van der Waals surface area (Å²) in [5.41, 5.74) is 6.46. The zero-order valence-electron chi connectivity index (χ0n) is 9.97. The second-order valence-electron chi connectivity index (χ2n) is 4.15. The monoisotopic (exact) mass is 231 g/mol. The standard InChI is InChI=1S/C13H17N3O/c1-10(6-5-9-14)13-15-12(16-17-13)11-7-3-2-4-8-11/h2-4,7-8,10H,5-6,9,14H2,1H3. The number of benzene rings is 1. The molecule has 1 aromatic heterocycles. The Bertz CT molecular complexity index is 453. The molecular formula is C13H17N3O. The molecule has 0 aliphatic heterocycles. The molecule has 0 spiro atoms. The molecule has 4 nitrogen and oxygen atoms in total. The summed E-state index contributed by atoms with van der Waals surface area (Å²) in [7, 11) is 0. The maximum Gasteiger partial charge on any atom is 0.229 e. The van der Waals surface area contributed by atoms with E-state index in [0.717, 1.165) is 18.4 Å². The lowest BCUT2D eigenvalue weighted by Crippen LogP contribution is -2.02. The second-order valence-corrected chi connectivity index (χ2v) is 4.15. The smallest absolute Gasteiger partial charge is 0.229 e.